The molecule has 2 aliphatic rings. The van der Waals surface area contributed by atoms with Crippen LogP contribution in [0.1, 0.15) is 26.7 Å². The van der Waals surface area contributed by atoms with Crippen LogP contribution in [0.15, 0.2) is 41.1 Å². The molecule has 0 atom stereocenters. The van der Waals surface area contributed by atoms with Gasteiger partial charge in [0.25, 0.3) is 0 Å². The molecule has 1 amide bonds. The van der Waals surface area contributed by atoms with Gasteiger partial charge in [0, 0.05) is 68.5 Å². The standard InChI is InChI=1S/C22H30N4O2/c1-17(2)24-13-15-26(16-14-24)22(27)19-8-11-25(12-9-19)20-5-3-18(4-6-20)21-7-10-23-28-21/h3-7,10,17,19H,8-9,11-16H2,1-2H3. The molecule has 0 N–H and O–H groups in total. The largest absolute Gasteiger partial charge is 0.371 e. The van der Waals surface area contributed by atoms with Gasteiger partial charge in [0.2, 0.25) is 5.91 Å². The average molecular weight is 383 g/mol. The van der Waals surface area contributed by atoms with Crippen molar-refractivity contribution in [2.45, 2.75) is 32.7 Å². The van der Waals surface area contributed by atoms with E-state index in [9.17, 15) is 4.79 Å². The molecule has 2 saturated heterocycles. The highest BCUT2D eigenvalue weighted by Crippen LogP contribution is 2.27. The van der Waals surface area contributed by atoms with E-state index in [0.717, 1.165) is 63.4 Å². The zero-order valence-electron chi connectivity index (χ0n) is 16.9. The molecule has 1 aromatic carbocycles. The highest BCUT2D eigenvalue weighted by molar-refractivity contribution is 5.79. The summed E-state index contributed by atoms with van der Waals surface area (Å²) in [5.74, 6) is 1.33. The molecule has 3 heterocycles. The zero-order chi connectivity index (χ0) is 19.5. The van der Waals surface area contributed by atoms with E-state index in [2.05, 4.69) is 58.0 Å². The number of carbonyl (C=O) groups excluding carboxylic acids is 1. The molecule has 0 spiro atoms. The summed E-state index contributed by atoms with van der Waals surface area (Å²) < 4.78 is 5.21. The van der Waals surface area contributed by atoms with Gasteiger partial charge in [0.05, 0.1) is 6.20 Å². The van der Waals surface area contributed by atoms with E-state index in [-0.39, 0.29) is 5.92 Å². The van der Waals surface area contributed by atoms with Gasteiger partial charge in [-0.3, -0.25) is 9.69 Å². The average Bonchev–Trinajstić information content (AvgIpc) is 3.28. The monoisotopic (exact) mass is 382 g/mol. The quantitative estimate of drug-likeness (QED) is 0.813. The van der Waals surface area contributed by atoms with Crippen molar-refractivity contribution >= 4 is 11.6 Å². The minimum absolute atomic E-state index is 0.176. The molecule has 0 radical (unpaired) electrons. The number of benzene rings is 1. The smallest absolute Gasteiger partial charge is 0.225 e. The fourth-order valence-electron chi connectivity index (χ4n) is 4.30. The van der Waals surface area contributed by atoms with Gasteiger partial charge in [-0.15, -0.1) is 0 Å². The van der Waals surface area contributed by atoms with E-state index in [4.69, 9.17) is 4.52 Å². The number of amides is 1. The van der Waals surface area contributed by atoms with E-state index in [0.29, 0.717) is 11.9 Å². The summed E-state index contributed by atoms with van der Waals surface area (Å²) >= 11 is 0. The third-order valence-corrected chi connectivity index (χ3v) is 6.16. The van der Waals surface area contributed by atoms with E-state index in [1.165, 1.54) is 5.69 Å². The van der Waals surface area contributed by atoms with Gasteiger partial charge >= 0.3 is 0 Å². The second-order valence-corrected chi connectivity index (χ2v) is 8.14. The van der Waals surface area contributed by atoms with Crippen LogP contribution in [0, 0.1) is 5.92 Å². The van der Waals surface area contributed by atoms with Crippen LogP contribution in [0.2, 0.25) is 0 Å². The Morgan fingerprint density at radius 3 is 2.25 bits per heavy atom. The lowest BCUT2D eigenvalue weighted by Crippen LogP contribution is -2.53. The molecule has 2 fully saturated rings. The first kappa shape index (κ1) is 19.0. The Kier molecular flexibility index (Phi) is 5.67. The van der Waals surface area contributed by atoms with Gasteiger partial charge in [-0.25, -0.2) is 0 Å². The molecule has 28 heavy (non-hydrogen) atoms. The molecular formula is C22H30N4O2. The van der Waals surface area contributed by atoms with Gasteiger partial charge in [-0.1, -0.05) is 5.16 Å². The van der Waals surface area contributed by atoms with Crippen LogP contribution in [0.4, 0.5) is 5.69 Å². The normalized spacial score (nSPS) is 19.4. The van der Waals surface area contributed by atoms with Gasteiger partial charge < -0.3 is 14.3 Å². The summed E-state index contributed by atoms with van der Waals surface area (Å²) in [7, 11) is 0. The van der Waals surface area contributed by atoms with Crippen LogP contribution in [0.3, 0.4) is 0 Å². The van der Waals surface area contributed by atoms with Crippen molar-refractivity contribution in [3.8, 4) is 11.3 Å². The van der Waals surface area contributed by atoms with E-state index in [1.54, 1.807) is 6.20 Å². The lowest BCUT2D eigenvalue weighted by molar-refractivity contribution is -0.138. The summed E-state index contributed by atoms with van der Waals surface area (Å²) in [6, 6.07) is 10.8. The highest BCUT2D eigenvalue weighted by atomic mass is 16.5. The molecule has 6 nitrogen and oxygen atoms in total. The van der Waals surface area contributed by atoms with E-state index in [1.807, 2.05) is 6.07 Å². The lowest BCUT2D eigenvalue weighted by atomic mass is 9.94. The number of hydrogen-bond acceptors (Lipinski definition) is 5. The van der Waals surface area contributed by atoms with E-state index >= 15 is 0 Å². The number of anilines is 1. The highest BCUT2D eigenvalue weighted by Gasteiger charge is 2.30. The third kappa shape index (κ3) is 4.07. The van der Waals surface area contributed by atoms with Crippen molar-refractivity contribution in [3.63, 3.8) is 0 Å². The summed E-state index contributed by atoms with van der Waals surface area (Å²) in [5, 5.41) is 3.76. The van der Waals surface area contributed by atoms with Crippen LogP contribution in [0.5, 0.6) is 0 Å². The summed E-state index contributed by atoms with van der Waals surface area (Å²) in [5.41, 5.74) is 2.24. The summed E-state index contributed by atoms with van der Waals surface area (Å²) in [6.45, 7) is 10.1. The van der Waals surface area contributed by atoms with Crippen LogP contribution in [0.25, 0.3) is 11.3 Å². The topological polar surface area (TPSA) is 52.8 Å². The van der Waals surface area contributed by atoms with Crippen molar-refractivity contribution in [2.24, 2.45) is 5.92 Å². The Bertz CT molecular complexity index is 756. The van der Waals surface area contributed by atoms with Gasteiger partial charge in [0.15, 0.2) is 5.76 Å². The van der Waals surface area contributed by atoms with Crippen LogP contribution in [-0.4, -0.2) is 66.2 Å². The molecule has 4 rings (SSSR count). The Labute approximate surface area is 167 Å². The van der Waals surface area contributed by atoms with Gasteiger partial charge in [-0.2, -0.15) is 0 Å². The number of carbonyl (C=O) groups is 1. The summed E-state index contributed by atoms with van der Waals surface area (Å²) in [6.07, 6.45) is 3.54. The van der Waals surface area contributed by atoms with Crippen molar-refractivity contribution in [3.05, 3.63) is 36.5 Å². The molecule has 0 aliphatic carbocycles. The lowest BCUT2D eigenvalue weighted by Gasteiger charge is -2.40. The van der Waals surface area contributed by atoms with Gasteiger partial charge in [0.1, 0.15) is 0 Å². The molecule has 0 saturated carbocycles. The maximum absolute atomic E-state index is 12.9. The molecule has 0 unspecified atom stereocenters. The number of piperazine rings is 1. The molecule has 1 aromatic heterocycles. The van der Waals surface area contributed by atoms with Crippen molar-refractivity contribution in [1.82, 2.24) is 15.0 Å². The predicted molar refractivity (Wildman–Crippen MR) is 110 cm³/mol. The number of rotatable bonds is 4. The van der Waals surface area contributed by atoms with Crippen LogP contribution in [-0.2, 0) is 4.79 Å². The maximum Gasteiger partial charge on any atom is 0.225 e. The Hall–Kier alpha value is -2.34. The molecule has 2 aromatic rings. The number of nitrogens with zero attached hydrogens (tertiary/aromatic N) is 4. The predicted octanol–water partition coefficient (Wildman–Crippen LogP) is 3.11. The second-order valence-electron chi connectivity index (χ2n) is 8.14. The molecule has 0 bridgehead atoms. The Morgan fingerprint density at radius 1 is 1.00 bits per heavy atom. The van der Waals surface area contributed by atoms with Crippen molar-refractivity contribution in [1.29, 1.82) is 0 Å². The zero-order valence-corrected chi connectivity index (χ0v) is 16.9. The minimum Gasteiger partial charge on any atom is -0.371 e. The first-order chi connectivity index (χ1) is 13.6. The number of hydrogen-bond donors (Lipinski definition) is 0. The summed E-state index contributed by atoms with van der Waals surface area (Å²) in [4.78, 5) is 19.8. The third-order valence-electron chi connectivity index (χ3n) is 6.16. The molecule has 2 aliphatic heterocycles. The number of piperidine rings is 1. The van der Waals surface area contributed by atoms with E-state index < -0.39 is 0 Å². The molecular weight excluding hydrogens is 352 g/mol. The Balaban J connectivity index is 1.29. The molecule has 6 heteroatoms. The van der Waals surface area contributed by atoms with Gasteiger partial charge in [-0.05, 0) is 51.0 Å². The minimum atomic E-state index is 0.176. The maximum atomic E-state index is 12.9. The first-order valence-corrected chi connectivity index (χ1v) is 10.4. The van der Waals surface area contributed by atoms with Crippen LogP contribution >= 0.6 is 0 Å². The SMILES string of the molecule is CC(C)N1CCN(C(=O)C2CCN(c3ccc(-c4ccno4)cc3)CC2)CC1. The van der Waals surface area contributed by atoms with Crippen molar-refractivity contribution in [2.75, 3.05) is 44.2 Å². The first-order valence-electron chi connectivity index (χ1n) is 10.4. The fraction of sp³-hybridized carbons (Fsp3) is 0.545. The Morgan fingerprint density at radius 2 is 1.68 bits per heavy atom. The van der Waals surface area contributed by atoms with Crippen LogP contribution < -0.4 is 4.90 Å². The number of aromatic nitrogens is 1. The fourth-order valence-corrected chi connectivity index (χ4v) is 4.30. The molecule has 150 valence electrons. The van der Waals surface area contributed by atoms with Crippen molar-refractivity contribution < 1.29 is 9.32 Å². The second kappa shape index (κ2) is 8.35.